The van der Waals surface area contributed by atoms with Crippen molar-refractivity contribution in [3.8, 4) is 0 Å². The van der Waals surface area contributed by atoms with Crippen molar-refractivity contribution in [2.45, 2.75) is 31.5 Å². The molecule has 0 aliphatic carbocycles. The fraction of sp³-hybridized carbons (Fsp3) is 0.500. The molecular formula is C16H24ClN3O3. The lowest BCUT2D eigenvalue weighted by molar-refractivity contribution is -0.138. The first-order valence-corrected chi connectivity index (χ1v) is 7.46. The van der Waals surface area contributed by atoms with Crippen LogP contribution in [0.1, 0.15) is 12.5 Å². The number of benzene rings is 1. The molecule has 1 aromatic carbocycles. The minimum absolute atomic E-state index is 0. The van der Waals surface area contributed by atoms with E-state index in [-0.39, 0.29) is 24.2 Å². The SMILES string of the molecule is CC(=O)NC(Cc1ccccc1)C(O)C1NCCN(C)C1=O.Cl. The van der Waals surface area contributed by atoms with E-state index in [1.54, 1.807) is 11.9 Å². The van der Waals surface area contributed by atoms with Gasteiger partial charge in [0.25, 0.3) is 0 Å². The van der Waals surface area contributed by atoms with Gasteiger partial charge in [-0.25, -0.2) is 0 Å². The van der Waals surface area contributed by atoms with Crippen molar-refractivity contribution in [3.05, 3.63) is 35.9 Å². The monoisotopic (exact) mass is 341 g/mol. The van der Waals surface area contributed by atoms with E-state index < -0.39 is 18.2 Å². The van der Waals surface area contributed by atoms with Gasteiger partial charge in [-0.1, -0.05) is 30.3 Å². The van der Waals surface area contributed by atoms with Crippen molar-refractivity contribution >= 4 is 24.2 Å². The summed E-state index contributed by atoms with van der Waals surface area (Å²) in [6.45, 7) is 2.65. The van der Waals surface area contributed by atoms with E-state index in [4.69, 9.17) is 0 Å². The summed E-state index contributed by atoms with van der Waals surface area (Å²) < 4.78 is 0. The molecule has 0 spiro atoms. The van der Waals surface area contributed by atoms with Crippen molar-refractivity contribution in [2.75, 3.05) is 20.1 Å². The summed E-state index contributed by atoms with van der Waals surface area (Å²) in [7, 11) is 1.72. The lowest BCUT2D eigenvalue weighted by Crippen LogP contribution is -2.63. The van der Waals surface area contributed by atoms with Crippen LogP contribution >= 0.6 is 12.4 Å². The van der Waals surface area contributed by atoms with E-state index in [1.165, 1.54) is 6.92 Å². The molecular weight excluding hydrogens is 318 g/mol. The van der Waals surface area contributed by atoms with Gasteiger partial charge in [-0.15, -0.1) is 12.4 Å². The number of likely N-dealkylation sites (N-methyl/N-ethyl adjacent to an activating group) is 1. The second kappa shape index (κ2) is 8.86. The minimum Gasteiger partial charge on any atom is -0.389 e. The first kappa shape index (κ1) is 19.4. The fourth-order valence-electron chi connectivity index (χ4n) is 2.71. The number of hydrogen-bond acceptors (Lipinski definition) is 4. The summed E-state index contributed by atoms with van der Waals surface area (Å²) >= 11 is 0. The third kappa shape index (κ3) is 5.20. The average molecular weight is 342 g/mol. The van der Waals surface area contributed by atoms with Crippen LogP contribution in [0, 0.1) is 0 Å². The van der Waals surface area contributed by atoms with E-state index >= 15 is 0 Å². The quantitative estimate of drug-likeness (QED) is 0.701. The number of hydrogen-bond donors (Lipinski definition) is 3. The predicted molar refractivity (Wildman–Crippen MR) is 90.4 cm³/mol. The average Bonchev–Trinajstić information content (AvgIpc) is 2.49. The molecule has 1 aliphatic rings. The summed E-state index contributed by atoms with van der Waals surface area (Å²) in [5, 5.41) is 16.4. The van der Waals surface area contributed by atoms with Gasteiger partial charge in [0.15, 0.2) is 0 Å². The Balaban J connectivity index is 0.00000264. The van der Waals surface area contributed by atoms with Crippen molar-refractivity contribution in [1.29, 1.82) is 0 Å². The van der Waals surface area contributed by atoms with Crippen molar-refractivity contribution in [2.24, 2.45) is 0 Å². The van der Waals surface area contributed by atoms with Gasteiger partial charge in [0.1, 0.15) is 6.04 Å². The van der Waals surface area contributed by atoms with E-state index in [0.717, 1.165) is 5.56 Å². The number of nitrogens with one attached hydrogen (secondary N) is 2. The summed E-state index contributed by atoms with van der Waals surface area (Å²) in [4.78, 5) is 25.2. The van der Waals surface area contributed by atoms with Crippen molar-refractivity contribution in [1.82, 2.24) is 15.5 Å². The van der Waals surface area contributed by atoms with Crippen LogP contribution in [0.5, 0.6) is 0 Å². The molecule has 6 nitrogen and oxygen atoms in total. The van der Waals surface area contributed by atoms with Gasteiger partial charge in [0.05, 0.1) is 12.1 Å². The third-order valence-corrected chi connectivity index (χ3v) is 3.89. The summed E-state index contributed by atoms with van der Waals surface area (Å²) in [5.41, 5.74) is 0.997. The number of aliphatic hydroxyl groups is 1. The summed E-state index contributed by atoms with van der Waals surface area (Å²) in [6, 6.07) is 8.38. The molecule has 0 radical (unpaired) electrons. The van der Waals surface area contributed by atoms with Crippen LogP contribution in [-0.4, -0.2) is 60.1 Å². The molecule has 3 N–H and O–H groups in total. The molecule has 2 rings (SSSR count). The number of carbonyl (C=O) groups is 2. The van der Waals surface area contributed by atoms with Crippen LogP contribution < -0.4 is 10.6 Å². The number of nitrogens with zero attached hydrogens (tertiary/aromatic N) is 1. The van der Waals surface area contributed by atoms with Crippen LogP contribution in [-0.2, 0) is 16.0 Å². The van der Waals surface area contributed by atoms with Crippen LogP contribution in [0.2, 0.25) is 0 Å². The Hall–Kier alpha value is -1.63. The van der Waals surface area contributed by atoms with E-state index in [0.29, 0.717) is 19.5 Å². The first-order chi connectivity index (χ1) is 10.5. The van der Waals surface area contributed by atoms with Crippen molar-refractivity contribution in [3.63, 3.8) is 0 Å². The van der Waals surface area contributed by atoms with Gasteiger partial charge in [-0.2, -0.15) is 0 Å². The largest absolute Gasteiger partial charge is 0.389 e. The second-order valence-electron chi connectivity index (χ2n) is 5.68. The Kier molecular flexibility index (Phi) is 7.48. The Morgan fingerprint density at radius 3 is 2.70 bits per heavy atom. The maximum Gasteiger partial charge on any atom is 0.242 e. The number of piperazine rings is 1. The number of rotatable bonds is 5. The van der Waals surface area contributed by atoms with Gasteiger partial charge in [-0.3, -0.25) is 9.59 Å². The Morgan fingerprint density at radius 2 is 2.09 bits per heavy atom. The molecule has 3 unspecified atom stereocenters. The normalized spacial score (nSPS) is 20.4. The van der Waals surface area contributed by atoms with Gasteiger partial charge in [0.2, 0.25) is 11.8 Å². The highest BCUT2D eigenvalue weighted by Gasteiger charge is 2.36. The standard InChI is InChI=1S/C16H23N3O3.ClH/c1-11(20)18-13(10-12-6-4-3-5-7-12)15(21)14-16(22)19(2)9-8-17-14;/h3-7,13-15,17,21H,8-10H2,1-2H3,(H,18,20);1H. The van der Waals surface area contributed by atoms with Gasteiger partial charge < -0.3 is 20.6 Å². The topological polar surface area (TPSA) is 81.7 Å². The maximum absolute atomic E-state index is 12.2. The zero-order chi connectivity index (χ0) is 16.1. The molecule has 1 saturated heterocycles. The molecule has 7 heteroatoms. The number of carbonyl (C=O) groups excluding carboxylic acids is 2. The highest BCUT2D eigenvalue weighted by atomic mass is 35.5. The van der Waals surface area contributed by atoms with E-state index in [2.05, 4.69) is 10.6 Å². The van der Waals surface area contributed by atoms with Gasteiger partial charge in [-0.05, 0) is 12.0 Å². The summed E-state index contributed by atoms with van der Waals surface area (Å²) in [6.07, 6.45) is -0.518. The van der Waals surface area contributed by atoms with Gasteiger partial charge >= 0.3 is 0 Å². The highest BCUT2D eigenvalue weighted by Crippen LogP contribution is 2.12. The van der Waals surface area contributed by atoms with Crippen molar-refractivity contribution < 1.29 is 14.7 Å². The molecule has 128 valence electrons. The molecule has 1 fully saturated rings. The number of halogens is 1. The molecule has 2 amide bonds. The molecule has 1 aromatic rings. The van der Waals surface area contributed by atoms with E-state index in [9.17, 15) is 14.7 Å². The second-order valence-corrected chi connectivity index (χ2v) is 5.68. The molecule has 0 bridgehead atoms. The molecule has 1 heterocycles. The van der Waals surface area contributed by atoms with E-state index in [1.807, 2.05) is 30.3 Å². The molecule has 23 heavy (non-hydrogen) atoms. The molecule has 3 atom stereocenters. The smallest absolute Gasteiger partial charge is 0.242 e. The summed E-state index contributed by atoms with van der Waals surface area (Å²) in [5.74, 6) is -0.376. The fourth-order valence-corrected chi connectivity index (χ4v) is 2.71. The van der Waals surface area contributed by atoms with Crippen LogP contribution in [0.3, 0.4) is 0 Å². The minimum atomic E-state index is -0.987. The molecule has 0 saturated carbocycles. The van der Waals surface area contributed by atoms with Crippen LogP contribution in [0.4, 0.5) is 0 Å². The predicted octanol–water partition coefficient (Wildman–Crippen LogP) is -0.0533. The molecule has 0 aromatic heterocycles. The highest BCUT2D eigenvalue weighted by molar-refractivity contribution is 5.85. The van der Waals surface area contributed by atoms with Crippen LogP contribution in [0.15, 0.2) is 30.3 Å². The molecule has 1 aliphatic heterocycles. The van der Waals surface area contributed by atoms with Crippen LogP contribution in [0.25, 0.3) is 0 Å². The Morgan fingerprint density at radius 1 is 1.43 bits per heavy atom. The third-order valence-electron chi connectivity index (χ3n) is 3.89. The number of aliphatic hydroxyl groups excluding tert-OH is 1. The lowest BCUT2D eigenvalue weighted by atomic mass is 9.94. The maximum atomic E-state index is 12.2. The lowest BCUT2D eigenvalue weighted by Gasteiger charge is -2.36. The number of amides is 2. The zero-order valence-corrected chi connectivity index (χ0v) is 14.2. The first-order valence-electron chi connectivity index (χ1n) is 7.46. The zero-order valence-electron chi connectivity index (χ0n) is 13.4. The Bertz CT molecular complexity index is 527. The van der Waals surface area contributed by atoms with Gasteiger partial charge in [0, 0.05) is 27.1 Å². The Labute approximate surface area is 142 Å².